The second-order valence-electron chi connectivity index (χ2n) is 3.56. The number of halogens is 1. The molecule has 0 saturated heterocycles. The minimum absolute atomic E-state index is 0.395. The van der Waals surface area contributed by atoms with Crippen LogP contribution in [-0.4, -0.2) is 20.9 Å². The number of carbonyl (C=O) groups is 1. The molecular weight excluding hydrogens is 295 g/mol. The molecule has 14 heavy (non-hydrogen) atoms. The van der Waals surface area contributed by atoms with Gasteiger partial charge in [-0.2, -0.15) is 5.10 Å². The highest BCUT2D eigenvalue weighted by molar-refractivity contribution is 14.1. The molecule has 5 heteroatoms. The van der Waals surface area contributed by atoms with E-state index in [4.69, 9.17) is 5.11 Å². The van der Waals surface area contributed by atoms with Crippen molar-refractivity contribution < 1.29 is 9.90 Å². The molecule has 2 rings (SSSR count). The van der Waals surface area contributed by atoms with Crippen LogP contribution in [-0.2, 0) is 18.3 Å². The Hall–Kier alpha value is -0.590. The van der Waals surface area contributed by atoms with Crippen LogP contribution < -0.4 is 0 Å². The predicted molar refractivity (Wildman–Crippen MR) is 59.2 cm³/mol. The largest absolute Gasteiger partial charge is 0.481 e. The quantitative estimate of drug-likeness (QED) is 0.801. The van der Waals surface area contributed by atoms with Crippen molar-refractivity contribution in [1.82, 2.24) is 9.78 Å². The molecule has 0 radical (unpaired) electrons. The molecule has 1 aliphatic rings. The Labute approximate surface area is 95.4 Å². The van der Waals surface area contributed by atoms with E-state index in [0.717, 1.165) is 34.2 Å². The number of carboxylic acids is 1. The van der Waals surface area contributed by atoms with Gasteiger partial charge in [-0.15, -0.1) is 0 Å². The molecular formula is C9H11IN2O2. The molecule has 1 aromatic rings. The van der Waals surface area contributed by atoms with Crippen LogP contribution in [0.15, 0.2) is 0 Å². The summed E-state index contributed by atoms with van der Waals surface area (Å²) in [6.45, 7) is 0. The zero-order chi connectivity index (χ0) is 10.3. The van der Waals surface area contributed by atoms with Crippen LogP contribution in [0.4, 0.5) is 0 Å². The molecule has 1 aliphatic carbocycles. The number of hydrogen-bond donors (Lipinski definition) is 1. The van der Waals surface area contributed by atoms with Gasteiger partial charge in [0, 0.05) is 12.6 Å². The molecule has 0 bridgehead atoms. The van der Waals surface area contributed by atoms with Gasteiger partial charge in [-0.3, -0.25) is 9.48 Å². The van der Waals surface area contributed by atoms with Crippen LogP contribution in [0.2, 0.25) is 0 Å². The lowest BCUT2D eigenvalue weighted by molar-refractivity contribution is -0.139. The van der Waals surface area contributed by atoms with E-state index in [-0.39, 0.29) is 0 Å². The molecule has 1 N–H and O–H groups in total. The third kappa shape index (κ3) is 1.43. The summed E-state index contributed by atoms with van der Waals surface area (Å²) in [7, 11) is 1.86. The van der Waals surface area contributed by atoms with Crippen LogP contribution in [0.5, 0.6) is 0 Å². The van der Waals surface area contributed by atoms with Crippen LogP contribution in [0.25, 0.3) is 0 Å². The number of nitrogens with zero attached hydrogens (tertiary/aromatic N) is 2. The molecule has 0 fully saturated rings. The smallest absolute Gasteiger partial charge is 0.312 e. The van der Waals surface area contributed by atoms with Crippen molar-refractivity contribution in [3.63, 3.8) is 0 Å². The first-order valence-corrected chi connectivity index (χ1v) is 5.63. The lowest BCUT2D eigenvalue weighted by atomic mass is 9.88. The number of aromatic nitrogens is 2. The highest BCUT2D eigenvalue weighted by atomic mass is 127. The Morgan fingerprint density at radius 3 is 3.07 bits per heavy atom. The van der Waals surface area contributed by atoms with Gasteiger partial charge in [0.05, 0.1) is 5.69 Å². The van der Waals surface area contributed by atoms with Gasteiger partial charge in [-0.25, -0.2) is 0 Å². The Kier molecular flexibility index (Phi) is 2.50. The summed E-state index contributed by atoms with van der Waals surface area (Å²) in [6.07, 6.45) is 2.63. The summed E-state index contributed by atoms with van der Waals surface area (Å²) in [6, 6.07) is 0. The standard InChI is InChI=1S/C9H11IN2O2/c1-12-8(10)5-3-2-4-6(9(13)14)7(5)11-12/h6H,2-4H2,1H3,(H,13,14). The number of rotatable bonds is 1. The minimum Gasteiger partial charge on any atom is -0.481 e. The molecule has 1 atom stereocenters. The molecule has 76 valence electrons. The fourth-order valence-corrected chi connectivity index (χ4v) is 2.59. The fraction of sp³-hybridized carbons (Fsp3) is 0.556. The summed E-state index contributed by atoms with van der Waals surface area (Å²) in [4.78, 5) is 11.0. The van der Waals surface area contributed by atoms with E-state index in [1.54, 1.807) is 4.68 Å². The number of hydrogen-bond acceptors (Lipinski definition) is 2. The first-order chi connectivity index (χ1) is 6.61. The molecule has 0 spiro atoms. The molecule has 1 unspecified atom stereocenters. The molecule has 4 nitrogen and oxygen atoms in total. The van der Waals surface area contributed by atoms with Crippen molar-refractivity contribution >= 4 is 28.6 Å². The third-order valence-electron chi connectivity index (χ3n) is 2.65. The van der Waals surface area contributed by atoms with Gasteiger partial charge in [0.25, 0.3) is 0 Å². The van der Waals surface area contributed by atoms with Crippen molar-refractivity contribution in [1.29, 1.82) is 0 Å². The predicted octanol–water partition coefficient (Wildman–Crippen LogP) is 1.53. The van der Waals surface area contributed by atoms with Gasteiger partial charge in [-0.1, -0.05) is 0 Å². The van der Waals surface area contributed by atoms with E-state index < -0.39 is 11.9 Å². The van der Waals surface area contributed by atoms with Gasteiger partial charge >= 0.3 is 5.97 Å². The lowest BCUT2D eigenvalue weighted by Crippen LogP contribution is -2.17. The first-order valence-electron chi connectivity index (χ1n) is 4.55. The van der Waals surface area contributed by atoms with Crippen molar-refractivity contribution in [2.45, 2.75) is 25.2 Å². The Balaban J connectivity index is 2.50. The van der Waals surface area contributed by atoms with Crippen LogP contribution >= 0.6 is 22.6 Å². The Morgan fingerprint density at radius 1 is 1.71 bits per heavy atom. The van der Waals surface area contributed by atoms with Crippen LogP contribution in [0.3, 0.4) is 0 Å². The van der Waals surface area contributed by atoms with Crippen molar-refractivity contribution in [3.05, 3.63) is 15.0 Å². The Bertz CT molecular complexity index is 386. The van der Waals surface area contributed by atoms with E-state index in [1.807, 2.05) is 7.05 Å². The van der Waals surface area contributed by atoms with E-state index >= 15 is 0 Å². The van der Waals surface area contributed by atoms with Crippen LogP contribution in [0, 0.1) is 3.70 Å². The van der Waals surface area contributed by atoms with Crippen molar-refractivity contribution in [3.8, 4) is 0 Å². The zero-order valence-electron chi connectivity index (χ0n) is 7.83. The third-order valence-corrected chi connectivity index (χ3v) is 4.00. The molecule has 0 aromatic carbocycles. The zero-order valence-corrected chi connectivity index (χ0v) is 9.98. The van der Waals surface area contributed by atoms with Gasteiger partial charge in [0.1, 0.15) is 9.62 Å². The summed E-state index contributed by atoms with van der Waals surface area (Å²) < 4.78 is 2.84. The average Bonchev–Trinajstić information content (AvgIpc) is 2.43. The highest BCUT2D eigenvalue weighted by Crippen LogP contribution is 2.33. The maximum absolute atomic E-state index is 11.0. The van der Waals surface area contributed by atoms with E-state index in [1.165, 1.54) is 0 Å². The Morgan fingerprint density at radius 2 is 2.43 bits per heavy atom. The lowest BCUT2D eigenvalue weighted by Gasteiger charge is -2.16. The molecule has 0 amide bonds. The maximum atomic E-state index is 11.0. The van der Waals surface area contributed by atoms with E-state index in [0.29, 0.717) is 0 Å². The number of aliphatic carboxylic acids is 1. The van der Waals surface area contributed by atoms with Gasteiger partial charge in [-0.05, 0) is 41.9 Å². The molecule has 0 saturated carbocycles. The van der Waals surface area contributed by atoms with Gasteiger partial charge in [0.2, 0.25) is 0 Å². The second-order valence-corrected chi connectivity index (χ2v) is 4.58. The monoisotopic (exact) mass is 306 g/mol. The van der Waals surface area contributed by atoms with E-state index in [2.05, 4.69) is 27.7 Å². The fourth-order valence-electron chi connectivity index (χ4n) is 1.94. The van der Waals surface area contributed by atoms with Gasteiger partial charge < -0.3 is 5.11 Å². The first kappa shape index (κ1) is 9.95. The van der Waals surface area contributed by atoms with Gasteiger partial charge in [0.15, 0.2) is 0 Å². The average molecular weight is 306 g/mol. The van der Waals surface area contributed by atoms with Crippen molar-refractivity contribution in [2.75, 3.05) is 0 Å². The number of aryl methyl sites for hydroxylation is 1. The maximum Gasteiger partial charge on any atom is 0.312 e. The second kappa shape index (κ2) is 3.52. The summed E-state index contributed by atoms with van der Waals surface area (Å²) in [5.41, 5.74) is 1.91. The number of carboxylic acid groups (broad SMARTS) is 1. The minimum atomic E-state index is -0.750. The normalized spacial score (nSPS) is 20.6. The topological polar surface area (TPSA) is 55.1 Å². The highest BCUT2D eigenvalue weighted by Gasteiger charge is 2.30. The van der Waals surface area contributed by atoms with Crippen LogP contribution in [0.1, 0.15) is 30.0 Å². The SMILES string of the molecule is Cn1nc2c(c1I)CCCC2C(=O)O. The summed E-state index contributed by atoms with van der Waals surface area (Å²) in [5.74, 6) is -1.14. The molecule has 1 heterocycles. The van der Waals surface area contributed by atoms with E-state index in [9.17, 15) is 4.79 Å². The summed E-state index contributed by atoms with van der Waals surface area (Å²) in [5, 5.41) is 13.3. The summed E-state index contributed by atoms with van der Waals surface area (Å²) >= 11 is 2.22. The van der Waals surface area contributed by atoms with Crippen molar-refractivity contribution in [2.24, 2.45) is 7.05 Å². The number of fused-ring (bicyclic) bond motifs is 1. The molecule has 1 aromatic heterocycles. The molecule has 0 aliphatic heterocycles.